The molecule has 0 aliphatic carbocycles. The SMILES string of the molecule is CCN1CCCC(Nc2cc(Cl)ccc2[N+](=O)[O-])CC1. The number of halogens is 1. The van der Waals surface area contributed by atoms with Crippen LogP contribution >= 0.6 is 11.6 Å². The van der Waals surface area contributed by atoms with Crippen molar-refractivity contribution in [1.29, 1.82) is 0 Å². The molecule has 1 aromatic rings. The fourth-order valence-corrected chi connectivity index (χ4v) is 2.79. The van der Waals surface area contributed by atoms with E-state index in [1.165, 1.54) is 6.07 Å². The van der Waals surface area contributed by atoms with Gasteiger partial charge in [-0.1, -0.05) is 18.5 Å². The molecule has 1 unspecified atom stereocenters. The molecule has 1 N–H and O–H groups in total. The first kappa shape index (κ1) is 15.1. The van der Waals surface area contributed by atoms with Crippen LogP contribution in [-0.2, 0) is 0 Å². The van der Waals surface area contributed by atoms with Crippen LogP contribution in [0.25, 0.3) is 0 Å². The van der Waals surface area contributed by atoms with E-state index in [1.54, 1.807) is 12.1 Å². The second-order valence-electron chi connectivity index (χ2n) is 5.13. The predicted molar refractivity (Wildman–Crippen MR) is 81.5 cm³/mol. The maximum absolute atomic E-state index is 11.1. The summed E-state index contributed by atoms with van der Waals surface area (Å²) in [5, 5.41) is 14.9. The molecule has 2 rings (SSSR count). The van der Waals surface area contributed by atoms with Crippen LogP contribution in [0.4, 0.5) is 11.4 Å². The topological polar surface area (TPSA) is 58.4 Å². The number of nitro benzene ring substituents is 1. The lowest BCUT2D eigenvalue weighted by molar-refractivity contribution is -0.384. The van der Waals surface area contributed by atoms with Crippen LogP contribution in [0.1, 0.15) is 26.2 Å². The zero-order valence-electron chi connectivity index (χ0n) is 11.6. The third kappa shape index (κ3) is 3.84. The summed E-state index contributed by atoms with van der Waals surface area (Å²) in [6.07, 6.45) is 3.14. The average Bonchev–Trinajstić information content (AvgIpc) is 2.63. The zero-order valence-corrected chi connectivity index (χ0v) is 12.4. The van der Waals surface area contributed by atoms with Gasteiger partial charge in [-0.2, -0.15) is 0 Å². The molecule has 1 aromatic carbocycles. The number of likely N-dealkylation sites (tertiary alicyclic amines) is 1. The van der Waals surface area contributed by atoms with E-state index in [0.29, 0.717) is 10.7 Å². The largest absolute Gasteiger partial charge is 0.377 e. The first-order chi connectivity index (χ1) is 9.60. The van der Waals surface area contributed by atoms with Crippen LogP contribution in [0.5, 0.6) is 0 Å². The van der Waals surface area contributed by atoms with Crippen LogP contribution in [0.3, 0.4) is 0 Å². The Morgan fingerprint density at radius 1 is 1.45 bits per heavy atom. The van der Waals surface area contributed by atoms with Gasteiger partial charge in [0.2, 0.25) is 0 Å². The third-order valence-electron chi connectivity index (χ3n) is 3.78. The normalized spacial score (nSPS) is 20.4. The quantitative estimate of drug-likeness (QED) is 0.682. The molecule has 20 heavy (non-hydrogen) atoms. The monoisotopic (exact) mass is 297 g/mol. The Morgan fingerprint density at radius 2 is 2.25 bits per heavy atom. The van der Waals surface area contributed by atoms with Crippen LogP contribution in [0, 0.1) is 10.1 Å². The molecular weight excluding hydrogens is 278 g/mol. The van der Waals surface area contributed by atoms with Crippen molar-refractivity contribution in [1.82, 2.24) is 4.90 Å². The van der Waals surface area contributed by atoms with Crippen LogP contribution in [0.2, 0.25) is 5.02 Å². The van der Waals surface area contributed by atoms with Gasteiger partial charge in [0.1, 0.15) is 5.69 Å². The van der Waals surface area contributed by atoms with Crippen molar-refractivity contribution < 1.29 is 4.92 Å². The van der Waals surface area contributed by atoms with Gasteiger partial charge in [-0.25, -0.2) is 0 Å². The van der Waals surface area contributed by atoms with Crippen molar-refractivity contribution in [3.63, 3.8) is 0 Å². The molecule has 1 aliphatic rings. The number of hydrogen-bond donors (Lipinski definition) is 1. The smallest absolute Gasteiger partial charge is 0.292 e. The molecule has 110 valence electrons. The Kier molecular flexibility index (Phi) is 5.20. The van der Waals surface area contributed by atoms with Crippen LogP contribution in [-0.4, -0.2) is 35.5 Å². The van der Waals surface area contributed by atoms with E-state index in [1.807, 2.05) is 0 Å². The summed E-state index contributed by atoms with van der Waals surface area (Å²) in [5.74, 6) is 0. The van der Waals surface area contributed by atoms with Crippen LogP contribution in [0.15, 0.2) is 18.2 Å². The predicted octanol–water partition coefficient (Wildman–Crippen LogP) is 3.53. The van der Waals surface area contributed by atoms with Gasteiger partial charge in [0.25, 0.3) is 5.69 Å². The van der Waals surface area contributed by atoms with Crippen LogP contribution < -0.4 is 5.32 Å². The molecule has 0 aromatic heterocycles. The standard InChI is InChI=1S/C14H20ClN3O2/c1-2-17-8-3-4-12(7-9-17)16-13-10-11(15)5-6-14(13)18(19)20/h5-6,10,12,16H,2-4,7-9H2,1H3. The summed E-state index contributed by atoms with van der Waals surface area (Å²) in [4.78, 5) is 13.1. The van der Waals surface area contributed by atoms with E-state index in [9.17, 15) is 10.1 Å². The molecule has 0 bridgehead atoms. The summed E-state index contributed by atoms with van der Waals surface area (Å²) in [7, 11) is 0. The number of nitro groups is 1. The highest BCUT2D eigenvalue weighted by Crippen LogP contribution is 2.29. The fourth-order valence-electron chi connectivity index (χ4n) is 2.62. The van der Waals surface area contributed by atoms with E-state index in [-0.39, 0.29) is 16.7 Å². The molecule has 0 spiro atoms. The summed E-state index contributed by atoms with van der Waals surface area (Å²) in [6, 6.07) is 4.92. The van der Waals surface area contributed by atoms with E-state index in [0.717, 1.165) is 38.9 Å². The third-order valence-corrected chi connectivity index (χ3v) is 4.02. The molecule has 5 nitrogen and oxygen atoms in total. The molecule has 0 radical (unpaired) electrons. The lowest BCUT2D eigenvalue weighted by atomic mass is 10.1. The fraction of sp³-hybridized carbons (Fsp3) is 0.571. The summed E-state index contributed by atoms with van der Waals surface area (Å²) in [6.45, 7) is 5.36. The van der Waals surface area contributed by atoms with E-state index < -0.39 is 0 Å². The number of benzene rings is 1. The van der Waals surface area contributed by atoms with Gasteiger partial charge in [0.15, 0.2) is 0 Å². The highest BCUT2D eigenvalue weighted by atomic mass is 35.5. The molecule has 0 amide bonds. The van der Waals surface area contributed by atoms with Gasteiger partial charge in [-0.3, -0.25) is 10.1 Å². The first-order valence-electron chi connectivity index (χ1n) is 7.03. The van der Waals surface area contributed by atoms with Crippen molar-refractivity contribution >= 4 is 23.0 Å². The Bertz CT molecular complexity index is 481. The number of nitrogens with zero attached hydrogens (tertiary/aromatic N) is 2. The minimum atomic E-state index is -0.367. The molecule has 1 fully saturated rings. The highest BCUT2D eigenvalue weighted by molar-refractivity contribution is 6.31. The number of rotatable bonds is 4. The van der Waals surface area contributed by atoms with Gasteiger partial charge in [-0.15, -0.1) is 0 Å². The molecule has 1 atom stereocenters. The van der Waals surface area contributed by atoms with Gasteiger partial charge >= 0.3 is 0 Å². The second kappa shape index (κ2) is 6.90. The average molecular weight is 298 g/mol. The van der Waals surface area contributed by atoms with Crippen molar-refractivity contribution in [2.75, 3.05) is 25.0 Å². The van der Waals surface area contributed by atoms with Crippen molar-refractivity contribution in [2.45, 2.75) is 32.2 Å². The molecule has 0 saturated carbocycles. The summed E-state index contributed by atoms with van der Waals surface area (Å²) >= 11 is 5.95. The minimum absolute atomic E-state index is 0.0889. The molecule has 6 heteroatoms. The highest BCUT2D eigenvalue weighted by Gasteiger charge is 2.20. The molecule has 1 heterocycles. The lowest BCUT2D eigenvalue weighted by Crippen LogP contribution is -2.26. The van der Waals surface area contributed by atoms with E-state index in [4.69, 9.17) is 11.6 Å². The minimum Gasteiger partial charge on any atom is -0.377 e. The van der Waals surface area contributed by atoms with Gasteiger partial charge in [0.05, 0.1) is 4.92 Å². The Morgan fingerprint density at radius 3 is 2.95 bits per heavy atom. The summed E-state index contributed by atoms with van der Waals surface area (Å²) in [5.41, 5.74) is 0.614. The second-order valence-corrected chi connectivity index (χ2v) is 5.56. The maximum atomic E-state index is 11.1. The molecular formula is C14H20ClN3O2. The van der Waals surface area contributed by atoms with Crippen molar-refractivity contribution in [3.8, 4) is 0 Å². The van der Waals surface area contributed by atoms with Gasteiger partial charge < -0.3 is 10.2 Å². The van der Waals surface area contributed by atoms with E-state index >= 15 is 0 Å². The molecule has 1 saturated heterocycles. The Labute approximate surface area is 124 Å². The molecule has 1 aliphatic heterocycles. The Balaban J connectivity index is 2.09. The number of nitrogens with one attached hydrogen (secondary N) is 1. The number of hydrogen-bond acceptors (Lipinski definition) is 4. The first-order valence-corrected chi connectivity index (χ1v) is 7.40. The zero-order chi connectivity index (χ0) is 14.5. The summed E-state index contributed by atoms with van der Waals surface area (Å²) < 4.78 is 0. The number of anilines is 1. The van der Waals surface area contributed by atoms with Crippen molar-refractivity contribution in [3.05, 3.63) is 33.3 Å². The maximum Gasteiger partial charge on any atom is 0.292 e. The van der Waals surface area contributed by atoms with Gasteiger partial charge in [0, 0.05) is 23.7 Å². The van der Waals surface area contributed by atoms with E-state index in [2.05, 4.69) is 17.1 Å². The van der Waals surface area contributed by atoms with Crippen molar-refractivity contribution in [2.24, 2.45) is 0 Å². The lowest BCUT2D eigenvalue weighted by Gasteiger charge is -2.19. The van der Waals surface area contributed by atoms with Gasteiger partial charge in [-0.05, 0) is 44.5 Å². The Hall–Kier alpha value is -1.33.